The van der Waals surface area contributed by atoms with Crippen molar-refractivity contribution in [2.24, 2.45) is 5.73 Å². The molecule has 0 spiro atoms. The normalized spacial score (nSPS) is 11.4. The third-order valence-electron chi connectivity index (χ3n) is 6.13. The Bertz CT molecular complexity index is 1530. The third kappa shape index (κ3) is 3.78. The van der Waals surface area contributed by atoms with Crippen LogP contribution in [0.5, 0.6) is 0 Å². The van der Waals surface area contributed by atoms with Crippen molar-refractivity contribution in [3.8, 4) is 11.1 Å². The largest absolute Gasteiger partial charge is 0.366 e. The van der Waals surface area contributed by atoms with Crippen LogP contribution in [0, 0.1) is 6.07 Å². The number of halogens is 2. The highest BCUT2D eigenvalue weighted by atomic mass is 35.5. The number of amides is 1. The number of hydrogen-bond donors (Lipinski definition) is 1. The second-order valence-electron chi connectivity index (χ2n) is 8.05. The maximum atomic E-state index is 12.3. The average Bonchev–Trinajstić information content (AvgIpc) is 3.12. The molecule has 0 aliphatic carbocycles. The van der Waals surface area contributed by atoms with Crippen molar-refractivity contribution < 1.29 is 4.79 Å². The van der Waals surface area contributed by atoms with Crippen molar-refractivity contribution in [3.05, 3.63) is 106 Å². The molecule has 1 radical (unpaired) electrons. The molecule has 0 atom stereocenters. The molecule has 3 nitrogen and oxygen atoms in total. The van der Waals surface area contributed by atoms with Crippen LogP contribution >= 0.6 is 23.2 Å². The minimum absolute atomic E-state index is 0.452. The number of benzene rings is 4. The van der Waals surface area contributed by atoms with Crippen molar-refractivity contribution in [2.75, 3.05) is 0 Å². The summed E-state index contributed by atoms with van der Waals surface area (Å²) in [6.45, 7) is 2.82. The van der Waals surface area contributed by atoms with Gasteiger partial charge in [-0.15, -0.1) is 0 Å². The van der Waals surface area contributed by atoms with E-state index in [4.69, 9.17) is 28.9 Å². The highest BCUT2D eigenvalue weighted by molar-refractivity contribution is 6.36. The van der Waals surface area contributed by atoms with E-state index in [2.05, 4.69) is 47.9 Å². The van der Waals surface area contributed by atoms with Crippen LogP contribution < -0.4 is 5.73 Å². The smallest absolute Gasteiger partial charge is 0.249 e. The summed E-state index contributed by atoms with van der Waals surface area (Å²) in [6, 6.07) is 27.0. The third-order valence-corrected chi connectivity index (χ3v) is 6.68. The van der Waals surface area contributed by atoms with E-state index in [9.17, 15) is 4.79 Å². The predicted molar refractivity (Wildman–Crippen MR) is 137 cm³/mol. The Kier molecular flexibility index (Phi) is 5.61. The zero-order valence-corrected chi connectivity index (χ0v) is 19.5. The van der Waals surface area contributed by atoms with Crippen LogP contribution in [0.25, 0.3) is 32.9 Å². The molecule has 0 saturated carbocycles. The first-order valence-electron chi connectivity index (χ1n) is 10.8. The number of primary amides is 1. The van der Waals surface area contributed by atoms with Gasteiger partial charge >= 0.3 is 0 Å². The van der Waals surface area contributed by atoms with Gasteiger partial charge in [0.05, 0.1) is 11.0 Å². The summed E-state index contributed by atoms with van der Waals surface area (Å²) in [6.07, 6.45) is 0.942. The molecular formula is C28H21Cl2N2O. The summed E-state index contributed by atoms with van der Waals surface area (Å²) in [5.41, 5.74) is 12.5. The molecular weight excluding hydrogens is 451 g/mol. The summed E-state index contributed by atoms with van der Waals surface area (Å²) < 4.78 is 2.23. The second kappa shape index (κ2) is 8.58. The number of aryl methyl sites for hydroxylation is 1. The number of carbonyl (C=O) groups excluding carboxylic acids is 1. The van der Waals surface area contributed by atoms with E-state index in [1.54, 1.807) is 12.1 Å². The summed E-state index contributed by atoms with van der Waals surface area (Å²) in [5, 5.41) is 2.85. The fraction of sp³-hybridized carbons (Fsp3) is 0.107. The Morgan fingerprint density at radius 3 is 2.48 bits per heavy atom. The molecule has 163 valence electrons. The van der Waals surface area contributed by atoms with Gasteiger partial charge in [-0.2, -0.15) is 0 Å². The fourth-order valence-corrected chi connectivity index (χ4v) is 5.06. The number of nitrogens with zero attached hydrogens (tertiary/aromatic N) is 1. The quantitative estimate of drug-likeness (QED) is 0.287. The van der Waals surface area contributed by atoms with Crippen LogP contribution in [0.3, 0.4) is 0 Å². The van der Waals surface area contributed by atoms with E-state index in [1.807, 2.05) is 30.3 Å². The first-order chi connectivity index (χ1) is 16.0. The Morgan fingerprint density at radius 2 is 1.76 bits per heavy atom. The minimum atomic E-state index is -0.452. The van der Waals surface area contributed by atoms with Crippen LogP contribution in [-0.4, -0.2) is 10.5 Å². The molecule has 1 aromatic heterocycles. The molecule has 0 unspecified atom stereocenters. The van der Waals surface area contributed by atoms with Gasteiger partial charge in [-0.05, 0) is 65.6 Å². The molecule has 5 heteroatoms. The zero-order chi connectivity index (χ0) is 23.1. The van der Waals surface area contributed by atoms with Gasteiger partial charge in [-0.25, -0.2) is 0 Å². The summed E-state index contributed by atoms with van der Waals surface area (Å²) in [7, 11) is 0. The molecule has 4 aromatic carbocycles. The van der Waals surface area contributed by atoms with Crippen LogP contribution in [-0.2, 0) is 13.0 Å². The van der Waals surface area contributed by atoms with Crippen LogP contribution in [0.15, 0.2) is 72.8 Å². The standard InChI is InChI=1S/C28H21Cl2N2O/c1-2-17-6-3-4-7-19(17)16-32-25-9-5-8-23(28(31)33)27(25)22-12-10-18(14-26(22)32)21-13-11-20(29)15-24(21)30/h3-11,13-15H,2,16H2,1H3,(H2,31,33). The average molecular weight is 472 g/mol. The Morgan fingerprint density at radius 1 is 0.970 bits per heavy atom. The van der Waals surface area contributed by atoms with E-state index in [1.165, 1.54) is 11.1 Å². The number of nitrogens with two attached hydrogens (primary N) is 1. The van der Waals surface area contributed by atoms with Crippen LogP contribution in [0.1, 0.15) is 28.4 Å². The van der Waals surface area contributed by atoms with E-state index in [0.29, 0.717) is 22.2 Å². The molecule has 0 aliphatic rings. The van der Waals surface area contributed by atoms with E-state index >= 15 is 0 Å². The maximum Gasteiger partial charge on any atom is 0.249 e. The van der Waals surface area contributed by atoms with Crippen molar-refractivity contribution in [2.45, 2.75) is 19.9 Å². The van der Waals surface area contributed by atoms with Crippen molar-refractivity contribution in [1.82, 2.24) is 4.57 Å². The lowest BCUT2D eigenvalue weighted by Crippen LogP contribution is -2.11. The van der Waals surface area contributed by atoms with Gasteiger partial charge in [0.25, 0.3) is 0 Å². The zero-order valence-electron chi connectivity index (χ0n) is 18.0. The number of aromatic nitrogens is 1. The van der Waals surface area contributed by atoms with Gasteiger partial charge in [-0.3, -0.25) is 4.79 Å². The predicted octanol–water partition coefficient (Wildman–Crippen LogP) is 7.28. The van der Waals surface area contributed by atoms with Crippen molar-refractivity contribution in [1.29, 1.82) is 0 Å². The Labute approximate surface area is 202 Å². The number of hydrogen-bond acceptors (Lipinski definition) is 1. The molecule has 1 heterocycles. The first kappa shape index (κ1) is 21.6. The lowest BCUT2D eigenvalue weighted by Gasteiger charge is -2.12. The second-order valence-corrected chi connectivity index (χ2v) is 8.89. The molecule has 0 bridgehead atoms. The lowest BCUT2D eigenvalue weighted by atomic mass is 10.0. The van der Waals surface area contributed by atoms with Gasteiger partial charge in [0.1, 0.15) is 0 Å². The highest BCUT2D eigenvalue weighted by Crippen LogP contribution is 2.37. The van der Waals surface area contributed by atoms with Gasteiger partial charge in [0.15, 0.2) is 0 Å². The Balaban J connectivity index is 1.81. The van der Waals surface area contributed by atoms with E-state index in [-0.39, 0.29) is 0 Å². The number of fused-ring (bicyclic) bond motifs is 3. The summed E-state index contributed by atoms with van der Waals surface area (Å²) in [4.78, 5) is 12.3. The number of rotatable bonds is 5. The van der Waals surface area contributed by atoms with Crippen molar-refractivity contribution in [3.63, 3.8) is 0 Å². The molecule has 0 fully saturated rings. The topological polar surface area (TPSA) is 48.0 Å². The molecule has 1 amide bonds. The summed E-state index contributed by atoms with van der Waals surface area (Å²) in [5.74, 6) is -0.452. The van der Waals surface area contributed by atoms with Gasteiger partial charge < -0.3 is 10.3 Å². The van der Waals surface area contributed by atoms with Gasteiger partial charge in [0, 0.05) is 38.5 Å². The molecule has 33 heavy (non-hydrogen) atoms. The van der Waals surface area contributed by atoms with E-state index in [0.717, 1.165) is 39.4 Å². The fourth-order valence-electron chi connectivity index (χ4n) is 4.54. The van der Waals surface area contributed by atoms with Crippen LogP contribution in [0.4, 0.5) is 0 Å². The van der Waals surface area contributed by atoms with Gasteiger partial charge in [-0.1, -0.05) is 66.5 Å². The minimum Gasteiger partial charge on any atom is -0.366 e. The molecule has 5 aromatic rings. The highest BCUT2D eigenvalue weighted by Gasteiger charge is 2.18. The van der Waals surface area contributed by atoms with Gasteiger partial charge in [0.2, 0.25) is 5.91 Å². The molecule has 5 rings (SSSR count). The van der Waals surface area contributed by atoms with E-state index < -0.39 is 5.91 Å². The first-order valence-corrected chi connectivity index (χ1v) is 11.5. The SMILES string of the molecule is CCc1ccccc1Cn1c2cc(-c3ccc(Cl)cc3Cl)c[c]c2c2c(C(N)=O)cccc21. The lowest BCUT2D eigenvalue weighted by molar-refractivity contribution is 0.100. The summed E-state index contributed by atoms with van der Waals surface area (Å²) >= 11 is 12.6. The molecule has 2 N–H and O–H groups in total. The van der Waals surface area contributed by atoms with Crippen LogP contribution in [0.2, 0.25) is 10.0 Å². The Hall–Kier alpha value is -3.27. The maximum absolute atomic E-state index is 12.3. The molecule has 0 saturated heterocycles. The van der Waals surface area contributed by atoms with Crippen molar-refractivity contribution >= 4 is 50.9 Å². The number of carbonyl (C=O) groups is 1. The monoisotopic (exact) mass is 471 g/mol. The molecule has 0 aliphatic heterocycles.